The fraction of sp³-hybridized carbons (Fsp3) is 0.333. The van der Waals surface area contributed by atoms with Crippen molar-refractivity contribution in [3.63, 3.8) is 0 Å². The van der Waals surface area contributed by atoms with Crippen LogP contribution in [0.4, 0.5) is 5.95 Å². The number of hydrogen-bond donors (Lipinski definition) is 2. The Hall–Kier alpha value is -1.88. The topological polar surface area (TPSA) is 77.0 Å². The number of anilines is 1. The number of furan rings is 1. The molecule has 90 valence electrons. The lowest BCUT2D eigenvalue weighted by Crippen LogP contribution is -2.26. The Morgan fingerprint density at radius 2 is 2.06 bits per heavy atom. The van der Waals surface area contributed by atoms with Crippen LogP contribution in [0, 0.1) is 6.92 Å². The molecule has 1 unspecified atom stereocenters. The summed E-state index contributed by atoms with van der Waals surface area (Å²) in [6.07, 6.45) is 3.47. The van der Waals surface area contributed by atoms with Crippen LogP contribution in [0.3, 0.4) is 0 Å². The lowest BCUT2D eigenvalue weighted by molar-refractivity contribution is 0.548. The van der Waals surface area contributed by atoms with E-state index in [-0.39, 0.29) is 6.04 Å². The second-order valence-corrected chi connectivity index (χ2v) is 3.99. The third-order valence-corrected chi connectivity index (χ3v) is 2.41. The van der Waals surface area contributed by atoms with Crippen LogP contribution in [0.5, 0.6) is 0 Å². The molecule has 0 aliphatic heterocycles. The molecule has 3 N–H and O–H groups in total. The van der Waals surface area contributed by atoms with Crippen molar-refractivity contribution < 1.29 is 4.42 Å². The van der Waals surface area contributed by atoms with Crippen LogP contribution in [0.15, 0.2) is 28.9 Å². The summed E-state index contributed by atoms with van der Waals surface area (Å²) >= 11 is 0. The molecule has 5 nitrogen and oxygen atoms in total. The molecule has 0 aliphatic rings. The van der Waals surface area contributed by atoms with E-state index in [0.29, 0.717) is 12.5 Å². The van der Waals surface area contributed by atoms with Crippen LogP contribution in [0.2, 0.25) is 0 Å². The zero-order chi connectivity index (χ0) is 12.3. The zero-order valence-electron chi connectivity index (χ0n) is 9.97. The van der Waals surface area contributed by atoms with Gasteiger partial charge in [-0.1, -0.05) is 0 Å². The van der Waals surface area contributed by atoms with Gasteiger partial charge in [0, 0.05) is 25.0 Å². The highest BCUT2D eigenvalue weighted by Crippen LogP contribution is 2.20. The van der Waals surface area contributed by atoms with Crippen LogP contribution in [0.1, 0.15) is 12.7 Å². The second-order valence-electron chi connectivity index (χ2n) is 3.99. The van der Waals surface area contributed by atoms with Crippen LogP contribution >= 0.6 is 0 Å². The van der Waals surface area contributed by atoms with Gasteiger partial charge in [-0.05, 0) is 26.0 Å². The molecule has 2 rings (SSSR count). The summed E-state index contributed by atoms with van der Waals surface area (Å²) < 4.78 is 5.49. The molecule has 0 aliphatic carbocycles. The van der Waals surface area contributed by atoms with Crippen molar-refractivity contribution in [3.05, 3.63) is 30.3 Å². The summed E-state index contributed by atoms with van der Waals surface area (Å²) in [7, 11) is 0. The third-order valence-electron chi connectivity index (χ3n) is 2.41. The van der Waals surface area contributed by atoms with Gasteiger partial charge < -0.3 is 15.5 Å². The van der Waals surface area contributed by atoms with Gasteiger partial charge in [0.05, 0.1) is 5.56 Å². The Bertz CT molecular complexity index is 478. The molecular formula is C12H16N4O. The number of rotatable bonds is 4. The van der Waals surface area contributed by atoms with Gasteiger partial charge >= 0.3 is 0 Å². The predicted molar refractivity (Wildman–Crippen MR) is 66.6 cm³/mol. The summed E-state index contributed by atoms with van der Waals surface area (Å²) in [6.45, 7) is 4.43. The van der Waals surface area contributed by atoms with E-state index in [9.17, 15) is 0 Å². The van der Waals surface area contributed by atoms with E-state index >= 15 is 0 Å². The first-order valence-electron chi connectivity index (χ1n) is 5.54. The number of nitrogens with zero attached hydrogens (tertiary/aromatic N) is 2. The minimum atomic E-state index is 0.159. The minimum absolute atomic E-state index is 0.159. The predicted octanol–water partition coefficient (Wildman–Crippen LogP) is 1.80. The smallest absolute Gasteiger partial charge is 0.222 e. The summed E-state index contributed by atoms with van der Waals surface area (Å²) in [5.74, 6) is 2.23. The maximum absolute atomic E-state index is 5.51. The second kappa shape index (κ2) is 4.97. The zero-order valence-corrected chi connectivity index (χ0v) is 9.97. The molecule has 5 heteroatoms. The van der Waals surface area contributed by atoms with Crippen LogP contribution in [0.25, 0.3) is 11.3 Å². The molecule has 2 heterocycles. The summed E-state index contributed by atoms with van der Waals surface area (Å²) in [5, 5.41) is 3.10. The highest BCUT2D eigenvalue weighted by atomic mass is 16.3. The molecule has 0 saturated heterocycles. The molecule has 0 radical (unpaired) electrons. The first-order chi connectivity index (χ1) is 8.19. The van der Waals surface area contributed by atoms with Crippen molar-refractivity contribution in [2.24, 2.45) is 5.73 Å². The standard InChI is InChI=1S/C12H16N4O/c1-8(5-13)16-12-14-6-10(7-15-12)11-4-3-9(2)17-11/h3-4,6-8H,5,13H2,1-2H3,(H,14,15,16). The third kappa shape index (κ3) is 2.82. The molecule has 2 aromatic rings. The monoisotopic (exact) mass is 232 g/mol. The quantitative estimate of drug-likeness (QED) is 0.840. The lowest BCUT2D eigenvalue weighted by Gasteiger charge is -2.10. The van der Waals surface area contributed by atoms with Gasteiger partial charge in [0.15, 0.2) is 0 Å². The summed E-state index contributed by atoms with van der Waals surface area (Å²) in [4.78, 5) is 8.43. The lowest BCUT2D eigenvalue weighted by atomic mass is 10.3. The highest BCUT2D eigenvalue weighted by molar-refractivity contribution is 5.55. The Labute approximate surface area is 100 Å². The van der Waals surface area contributed by atoms with E-state index in [1.54, 1.807) is 12.4 Å². The SMILES string of the molecule is Cc1ccc(-c2cnc(NC(C)CN)nc2)o1. The van der Waals surface area contributed by atoms with Gasteiger partial charge in [-0.15, -0.1) is 0 Å². The number of nitrogens with one attached hydrogen (secondary N) is 1. The maximum Gasteiger partial charge on any atom is 0.222 e. The van der Waals surface area contributed by atoms with Crippen molar-refractivity contribution >= 4 is 5.95 Å². The normalized spacial score (nSPS) is 12.4. The van der Waals surface area contributed by atoms with E-state index in [1.165, 1.54) is 0 Å². The number of nitrogens with two attached hydrogens (primary N) is 1. The molecular weight excluding hydrogens is 216 g/mol. The average molecular weight is 232 g/mol. The summed E-state index contributed by atoms with van der Waals surface area (Å²) in [5.41, 5.74) is 6.38. The van der Waals surface area contributed by atoms with E-state index in [4.69, 9.17) is 10.2 Å². The van der Waals surface area contributed by atoms with E-state index in [2.05, 4.69) is 15.3 Å². The van der Waals surface area contributed by atoms with Crippen molar-refractivity contribution in [2.75, 3.05) is 11.9 Å². The Balaban J connectivity index is 2.13. The van der Waals surface area contributed by atoms with E-state index < -0.39 is 0 Å². The van der Waals surface area contributed by atoms with Crippen molar-refractivity contribution in [1.82, 2.24) is 9.97 Å². The molecule has 0 amide bonds. The van der Waals surface area contributed by atoms with Crippen molar-refractivity contribution in [2.45, 2.75) is 19.9 Å². The van der Waals surface area contributed by atoms with Gasteiger partial charge in [-0.25, -0.2) is 9.97 Å². The van der Waals surface area contributed by atoms with E-state index in [1.807, 2.05) is 26.0 Å². The molecule has 0 spiro atoms. The fourth-order valence-corrected chi connectivity index (χ4v) is 1.40. The number of aromatic nitrogens is 2. The Morgan fingerprint density at radius 3 is 2.59 bits per heavy atom. The number of aryl methyl sites for hydroxylation is 1. The van der Waals surface area contributed by atoms with Gasteiger partial charge in [-0.3, -0.25) is 0 Å². The average Bonchev–Trinajstić information content (AvgIpc) is 2.77. The molecule has 1 atom stereocenters. The highest BCUT2D eigenvalue weighted by Gasteiger charge is 2.05. The van der Waals surface area contributed by atoms with E-state index in [0.717, 1.165) is 17.1 Å². The van der Waals surface area contributed by atoms with Crippen molar-refractivity contribution in [1.29, 1.82) is 0 Å². The van der Waals surface area contributed by atoms with Gasteiger partial charge in [0.2, 0.25) is 5.95 Å². The van der Waals surface area contributed by atoms with Crippen LogP contribution < -0.4 is 11.1 Å². The van der Waals surface area contributed by atoms with Gasteiger partial charge in [0.25, 0.3) is 0 Å². The van der Waals surface area contributed by atoms with Crippen molar-refractivity contribution in [3.8, 4) is 11.3 Å². The van der Waals surface area contributed by atoms with Crippen LogP contribution in [-0.2, 0) is 0 Å². The summed E-state index contributed by atoms with van der Waals surface area (Å²) in [6, 6.07) is 3.98. The number of hydrogen-bond acceptors (Lipinski definition) is 5. The Morgan fingerprint density at radius 1 is 1.35 bits per heavy atom. The van der Waals surface area contributed by atoms with Gasteiger partial charge in [0.1, 0.15) is 11.5 Å². The minimum Gasteiger partial charge on any atom is -0.461 e. The van der Waals surface area contributed by atoms with Gasteiger partial charge in [-0.2, -0.15) is 0 Å². The molecule has 17 heavy (non-hydrogen) atoms. The maximum atomic E-state index is 5.51. The fourth-order valence-electron chi connectivity index (χ4n) is 1.40. The molecule has 2 aromatic heterocycles. The Kier molecular flexibility index (Phi) is 3.39. The van der Waals surface area contributed by atoms with Crippen LogP contribution in [-0.4, -0.2) is 22.6 Å². The molecule has 0 bridgehead atoms. The largest absolute Gasteiger partial charge is 0.461 e. The first kappa shape index (κ1) is 11.6. The molecule has 0 fully saturated rings. The molecule has 0 saturated carbocycles. The molecule has 0 aromatic carbocycles. The first-order valence-corrected chi connectivity index (χ1v) is 5.54.